The van der Waals surface area contributed by atoms with Crippen molar-refractivity contribution in [3.05, 3.63) is 0 Å². The Labute approximate surface area is 122 Å². The summed E-state index contributed by atoms with van der Waals surface area (Å²) in [5.41, 5.74) is 4.63. The molecule has 0 saturated heterocycles. The quantitative estimate of drug-likeness (QED) is 0.605. The van der Waals surface area contributed by atoms with Crippen molar-refractivity contribution in [1.29, 1.82) is 0 Å². The number of primary amides is 1. The van der Waals surface area contributed by atoms with E-state index in [-0.39, 0.29) is 12.0 Å². The average Bonchev–Trinajstić information content (AvgIpc) is 2.28. The Morgan fingerprint density at radius 1 is 0.950 bits per heavy atom. The van der Waals surface area contributed by atoms with Crippen molar-refractivity contribution < 1.29 is 14.3 Å². The van der Waals surface area contributed by atoms with Gasteiger partial charge in [0.25, 0.3) is 0 Å². The van der Waals surface area contributed by atoms with E-state index < -0.39 is 5.60 Å². The number of alkyl carbamates (subject to hydrolysis) is 1. The van der Waals surface area contributed by atoms with Gasteiger partial charge in [-0.1, -0.05) is 32.1 Å². The lowest BCUT2D eigenvalue weighted by Crippen LogP contribution is -2.32. The maximum absolute atomic E-state index is 11.3. The molecule has 118 valence electrons. The van der Waals surface area contributed by atoms with Crippen molar-refractivity contribution in [3.8, 4) is 0 Å². The molecule has 5 nitrogen and oxygen atoms in total. The van der Waals surface area contributed by atoms with Gasteiger partial charge in [0.1, 0.15) is 5.60 Å². The number of carbonyl (C=O) groups is 2. The second-order valence-corrected chi connectivity index (χ2v) is 6.12. The Hall–Kier alpha value is -1.26. The minimum absolute atomic E-state index is 0.210. The smallest absolute Gasteiger partial charge is 0.407 e. The molecule has 0 atom stereocenters. The Kier molecular flexibility index (Phi) is 9.86. The molecule has 0 aliphatic heterocycles. The zero-order valence-electron chi connectivity index (χ0n) is 13.2. The van der Waals surface area contributed by atoms with Gasteiger partial charge in [0.15, 0.2) is 0 Å². The molecule has 0 spiro atoms. The van der Waals surface area contributed by atoms with Crippen LogP contribution in [0.15, 0.2) is 0 Å². The van der Waals surface area contributed by atoms with Crippen LogP contribution in [0.5, 0.6) is 0 Å². The molecule has 0 fully saturated rings. The molecule has 0 aliphatic rings. The second-order valence-electron chi connectivity index (χ2n) is 6.12. The third kappa shape index (κ3) is 14.8. The lowest BCUT2D eigenvalue weighted by molar-refractivity contribution is -0.118. The molecule has 0 aromatic carbocycles. The molecule has 0 aliphatic carbocycles. The summed E-state index contributed by atoms with van der Waals surface area (Å²) in [5.74, 6) is -0.210. The van der Waals surface area contributed by atoms with Gasteiger partial charge in [-0.05, 0) is 33.6 Å². The van der Waals surface area contributed by atoms with Crippen LogP contribution >= 0.6 is 0 Å². The molecule has 0 rings (SSSR count). The van der Waals surface area contributed by atoms with Crippen molar-refractivity contribution in [2.45, 2.75) is 77.7 Å². The van der Waals surface area contributed by atoms with E-state index in [2.05, 4.69) is 5.32 Å². The minimum Gasteiger partial charge on any atom is -0.444 e. The number of carbonyl (C=O) groups excluding carboxylic acids is 2. The summed E-state index contributed by atoms with van der Waals surface area (Å²) in [5, 5.41) is 2.75. The zero-order valence-corrected chi connectivity index (χ0v) is 13.2. The maximum atomic E-state index is 11.3. The summed E-state index contributed by atoms with van der Waals surface area (Å²) in [7, 11) is 0. The predicted octanol–water partition coefficient (Wildman–Crippen LogP) is 3.12. The second kappa shape index (κ2) is 10.5. The molecule has 0 saturated carbocycles. The molecule has 0 heterocycles. The highest BCUT2D eigenvalue weighted by atomic mass is 16.6. The first-order chi connectivity index (χ1) is 9.31. The first-order valence-electron chi connectivity index (χ1n) is 7.56. The van der Waals surface area contributed by atoms with E-state index >= 15 is 0 Å². The van der Waals surface area contributed by atoms with Crippen LogP contribution in [0.3, 0.4) is 0 Å². The lowest BCUT2D eigenvalue weighted by atomic mass is 10.1. The third-order valence-corrected chi connectivity index (χ3v) is 2.77. The van der Waals surface area contributed by atoms with E-state index in [1.807, 2.05) is 20.8 Å². The molecule has 0 aromatic rings. The Morgan fingerprint density at radius 2 is 1.45 bits per heavy atom. The molecule has 0 aromatic heterocycles. The van der Waals surface area contributed by atoms with Crippen molar-refractivity contribution in [1.82, 2.24) is 5.32 Å². The first-order valence-corrected chi connectivity index (χ1v) is 7.56. The van der Waals surface area contributed by atoms with Gasteiger partial charge in [-0.2, -0.15) is 0 Å². The van der Waals surface area contributed by atoms with Crippen LogP contribution in [0.25, 0.3) is 0 Å². The highest BCUT2D eigenvalue weighted by Gasteiger charge is 2.15. The number of nitrogens with two attached hydrogens (primary N) is 1. The van der Waals surface area contributed by atoms with E-state index in [0.29, 0.717) is 13.0 Å². The van der Waals surface area contributed by atoms with E-state index in [1.54, 1.807) is 0 Å². The number of rotatable bonds is 10. The zero-order chi connectivity index (χ0) is 15.4. The summed E-state index contributed by atoms with van der Waals surface area (Å²) in [6.07, 6.45) is 7.68. The number of ether oxygens (including phenoxy) is 1. The fourth-order valence-corrected chi connectivity index (χ4v) is 1.81. The monoisotopic (exact) mass is 286 g/mol. The SMILES string of the molecule is CC(C)(C)OC(=O)NCCCCCCCCCC(N)=O. The molecule has 3 N–H and O–H groups in total. The van der Waals surface area contributed by atoms with E-state index in [0.717, 1.165) is 38.5 Å². The minimum atomic E-state index is -0.436. The summed E-state index contributed by atoms with van der Waals surface area (Å²) in [6, 6.07) is 0. The summed E-state index contributed by atoms with van der Waals surface area (Å²) < 4.78 is 5.14. The molecule has 2 amide bonds. The fourth-order valence-electron chi connectivity index (χ4n) is 1.81. The van der Waals surface area contributed by atoms with Gasteiger partial charge in [-0.15, -0.1) is 0 Å². The highest BCUT2D eigenvalue weighted by Crippen LogP contribution is 2.09. The summed E-state index contributed by atoms with van der Waals surface area (Å²) >= 11 is 0. The maximum Gasteiger partial charge on any atom is 0.407 e. The van der Waals surface area contributed by atoms with Crippen LogP contribution in [-0.4, -0.2) is 24.1 Å². The van der Waals surface area contributed by atoms with Crippen molar-refractivity contribution >= 4 is 12.0 Å². The number of unbranched alkanes of at least 4 members (excludes halogenated alkanes) is 6. The largest absolute Gasteiger partial charge is 0.444 e. The van der Waals surface area contributed by atoms with Gasteiger partial charge in [0.2, 0.25) is 5.91 Å². The van der Waals surface area contributed by atoms with Crippen LogP contribution < -0.4 is 11.1 Å². The first kappa shape index (κ1) is 18.7. The van der Waals surface area contributed by atoms with Gasteiger partial charge in [-0.25, -0.2) is 4.79 Å². The Bertz CT molecular complexity index is 285. The van der Waals surface area contributed by atoms with Gasteiger partial charge < -0.3 is 15.8 Å². The van der Waals surface area contributed by atoms with Crippen molar-refractivity contribution in [2.24, 2.45) is 5.73 Å². The molecule has 0 unspecified atom stereocenters. The van der Waals surface area contributed by atoms with Gasteiger partial charge in [0, 0.05) is 13.0 Å². The summed E-state index contributed by atoms with van der Waals surface area (Å²) in [6.45, 7) is 6.22. The van der Waals surface area contributed by atoms with Crippen LogP contribution in [0, 0.1) is 0 Å². The van der Waals surface area contributed by atoms with Crippen LogP contribution in [-0.2, 0) is 9.53 Å². The molecular weight excluding hydrogens is 256 g/mol. The molecular formula is C15H30N2O3. The van der Waals surface area contributed by atoms with Crippen LogP contribution in [0.2, 0.25) is 0 Å². The van der Waals surface area contributed by atoms with Gasteiger partial charge in [-0.3, -0.25) is 4.79 Å². The Morgan fingerprint density at radius 3 is 1.95 bits per heavy atom. The normalized spacial score (nSPS) is 11.2. The van der Waals surface area contributed by atoms with Gasteiger partial charge >= 0.3 is 6.09 Å². The van der Waals surface area contributed by atoms with E-state index in [1.165, 1.54) is 6.42 Å². The van der Waals surface area contributed by atoms with Crippen LogP contribution in [0.4, 0.5) is 4.79 Å². The highest BCUT2D eigenvalue weighted by molar-refractivity contribution is 5.73. The number of nitrogens with one attached hydrogen (secondary N) is 1. The Balaban J connectivity index is 3.25. The molecule has 20 heavy (non-hydrogen) atoms. The average molecular weight is 286 g/mol. The van der Waals surface area contributed by atoms with Gasteiger partial charge in [0.05, 0.1) is 0 Å². The van der Waals surface area contributed by atoms with E-state index in [9.17, 15) is 9.59 Å². The van der Waals surface area contributed by atoms with Crippen molar-refractivity contribution in [2.75, 3.05) is 6.54 Å². The van der Waals surface area contributed by atoms with E-state index in [4.69, 9.17) is 10.5 Å². The molecule has 0 radical (unpaired) electrons. The molecule has 0 bridgehead atoms. The number of hydrogen-bond donors (Lipinski definition) is 2. The number of amides is 2. The summed E-state index contributed by atoms with van der Waals surface area (Å²) in [4.78, 5) is 21.9. The third-order valence-electron chi connectivity index (χ3n) is 2.77. The van der Waals surface area contributed by atoms with Crippen molar-refractivity contribution in [3.63, 3.8) is 0 Å². The lowest BCUT2D eigenvalue weighted by Gasteiger charge is -2.19. The fraction of sp³-hybridized carbons (Fsp3) is 0.867. The number of hydrogen-bond acceptors (Lipinski definition) is 3. The predicted molar refractivity (Wildman–Crippen MR) is 80.4 cm³/mol. The van der Waals surface area contributed by atoms with Crippen LogP contribution in [0.1, 0.15) is 72.1 Å². The standard InChI is InChI=1S/C15H30N2O3/c1-15(2,3)20-14(19)17-12-10-8-6-4-5-7-9-11-13(16)18/h4-12H2,1-3H3,(H2,16,18)(H,17,19). The topological polar surface area (TPSA) is 81.4 Å². The molecule has 5 heteroatoms.